The lowest BCUT2D eigenvalue weighted by Crippen LogP contribution is -2.23. The fourth-order valence-corrected chi connectivity index (χ4v) is 2.21. The van der Waals surface area contributed by atoms with Crippen molar-refractivity contribution in [1.82, 2.24) is 9.80 Å². The molecular formula is C13H10N2O2. The molecule has 1 aliphatic carbocycles. The predicted octanol–water partition coefficient (Wildman–Crippen LogP) is 1.43. The third-order valence-electron chi connectivity index (χ3n) is 2.92. The number of hydrogen-bond acceptors (Lipinski definition) is 3. The van der Waals surface area contributed by atoms with Crippen LogP contribution in [0.2, 0.25) is 0 Å². The Bertz CT molecular complexity index is 546. The Morgan fingerprint density at radius 2 is 2.12 bits per heavy atom. The van der Waals surface area contributed by atoms with Crippen LogP contribution in [0.5, 0.6) is 0 Å². The SMILES string of the molecule is O=CN1C2=CC=CC=CN2C2=C1C(=O)C=CC2. The Morgan fingerprint density at radius 3 is 2.94 bits per heavy atom. The maximum absolute atomic E-state index is 11.8. The van der Waals surface area contributed by atoms with Crippen molar-refractivity contribution in [1.29, 1.82) is 0 Å². The van der Waals surface area contributed by atoms with Crippen LogP contribution in [0.15, 0.2) is 59.9 Å². The first kappa shape index (κ1) is 9.84. The average molecular weight is 226 g/mol. The van der Waals surface area contributed by atoms with Gasteiger partial charge in [0.25, 0.3) is 0 Å². The van der Waals surface area contributed by atoms with Crippen molar-refractivity contribution in [3.63, 3.8) is 0 Å². The third kappa shape index (κ3) is 1.30. The van der Waals surface area contributed by atoms with Crippen LogP contribution in [0.25, 0.3) is 0 Å². The molecule has 0 aromatic carbocycles. The van der Waals surface area contributed by atoms with E-state index in [0.29, 0.717) is 24.3 Å². The molecule has 4 heteroatoms. The van der Waals surface area contributed by atoms with Crippen molar-refractivity contribution in [2.45, 2.75) is 6.42 Å². The van der Waals surface area contributed by atoms with Crippen LogP contribution in [0, 0.1) is 0 Å². The Hall–Kier alpha value is -2.36. The zero-order chi connectivity index (χ0) is 11.8. The summed E-state index contributed by atoms with van der Waals surface area (Å²) < 4.78 is 0. The molecule has 0 unspecified atom stereocenters. The first-order valence-corrected chi connectivity index (χ1v) is 5.36. The lowest BCUT2D eigenvalue weighted by atomic mass is 10.1. The summed E-state index contributed by atoms with van der Waals surface area (Å²) in [6.45, 7) is 0. The van der Waals surface area contributed by atoms with Crippen LogP contribution in [0.3, 0.4) is 0 Å². The van der Waals surface area contributed by atoms with Gasteiger partial charge in [0.1, 0.15) is 11.5 Å². The lowest BCUT2D eigenvalue weighted by molar-refractivity contribution is -0.119. The first-order valence-electron chi connectivity index (χ1n) is 5.36. The van der Waals surface area contributed by atoms with Gasteiger partial charge in [-0.1, -0.05) is 18.2 Å². The highest BCUT2D eigenvalue weighted by atomic mass is 16.1. The molecule has 3 aliphatic rings. The van der Waals surface area contributed by atoms with Crippen LogP contribution in [-0.2, 0) is 9.59 Å². The van der Waals surface area contributed by atoms with E-state index in [9.17, 15) is 9.59 Å². The summed E-state index contributed by atoms with van der Waals surface area (Å²) in [5, 5.41) is 0. The summed E-state index contributed by atoms with van der Waals surface area (Å²) in [6, 6.07) is 0. The molecule has 0 saturated carbocycles. The summed E-state index contributed by atoms with van der Waals surface area (Å²) in [5.74, 6) is 0.580. The molecule has 0 radical (unpaired) electrons. The molecule has 0 bridgehead atoms. The van der Waals surface area contributed by atoms with Crippen LogP contribution >= 0.6 is 0 Å². The highest BCUT2D eigenvalue weighted by Crippen LogP contribution is 2.36. The number of rotatable bonds is 1. The molecule has 0 N–H and O–H groups in total. The van der Waals surface area contributed by atoms with Gasteiger partial charge < -0.3 is 4.90 Å². The Balaban J connectivity index is 2.16. The normalized spacial score (nSPS) is 21.4. The molecule has 0 spiro atoms. The molecule has 2 aliphatic heterocycles. The second-order valence-corrected chi connectivity index (χ2v) is 3.86. The first-order chi connectivity index (χ1) is 8.33. The minimum Gasteiger partial charge on any atom is -0.304 e. The Kier molecular flexibility index (Phi) is 2.08. The van der Waals surface area contributed by atoms with Gasteiger partial charge in [-0.05, 0) is 18.2 Å². The van der Waals surface area contributed by atoms with E-state index in [1.54, 1.807) is 0 Å². The number of carbonyl (C=O) groups excluding carboxylic acids is 2. The lowest BCUT2D eigenvalue weighted by Gasteiger charge is -2.19. The van der Waals surface area contributed by atoms with Crippen molar-refractivity contribution in [3.8, 4) is 0 Å². The van der Waals surface area contributed by atoms with Gasteiger partial charge in [-0.15, -0.1) is 0 Å². The second-order valence-electron chi connectivity index (χ2n) is 3.86. The average Bonchev–Trinajstić information content (AvgIpc) is 2.50. The summed E-state index contributed by atoms with van der Waals surface area (Å²) in [5.41, 5.74) is 1.32. The maximum atomic E-state index is 11.8. The summed E-state index contributed by atoms with van der Waals surface area (Å²) >= 11 is 0. The number of hydrogen-bond donors (Lipinski definition) is 0. The molecule has 0 atom stereocenters. The molecule has 17 heavy (non-hydrogen) atoms. The van der Waals surface area contributed by atoms with E-state index in [1.807, 2.05) is 41.5 Å². The van der Waals surface area contributed by atoms with Gasteiger partial charge in [0.15, 0.2) is 0 Å². The van der Waals surface area contributed by atoms with Gasteiger partial charge in [0.2, 0.25) is 12.2 Å². The molecular weight excluding hydrogens is 216 g/mol. The fraction of sp³-hybridized carbons (Fsp3) is 0.0769. The topological polar surface area (TPSA) is 40.6 Å². The van der Waals surface area contributed by atoms with Crippen LogP contribution in [0.1, 0.15) is 6.42 Å². The Labute approximate surface area is 98.5 Å². The molecule has 0 aromatic heterocycles. The number of amides is 1. The van der Waals surface area contributed by atoms with Crippen molar-refractivity contribution < 1.29 is 9.59 Å². The molecule has 0 saturated heterocycles. The van der Waals surface area contributed by atoms with Gasteiger partial charge in [0, 0.05) is 12.6 Å². The zero-order valence-corrected chi connectivity index (χ0v) is 9.04. The second kappa shape index (κ2) is 3.59. The number of nitrogens with zero attached hydrogens (tertiary/aromatic N) is 2. The maximum Gasteiger partial charge on any atom is 0.220 e. The van der Waals surface area contributed by atoms with E-state index in [1.165, 1.54) is 11.0 Å². The minimum absolute atomic E-state index is 0.121. The van der Waals surface area contributed by atoms with Crippen molar-refractivity contribution >= 4 is 12.2 Å². The fourth-order valence-electron chi connectivity index (χ4n) is 2.21. The van der Waals surface area contributed by atoms with Crippen LogP contribution in [0.4, 0.5) is 0 Å². The molecule has 0 fully saturated rings. The molecule has 3 rings (SSSR count). The van der Waals surface area contributed by atoms with E-state index in [0.717, 1.165) is 5.70 Å². The largest absolute Gasteiger partial charge is 0.304 e. The molecule has 0 aromatic rings. The molecule has 84 valence electrons. The van der Waals surface area contributed by atoms with E-state index in [4.69, 9.17) is 0 Å². The van der Waals surface area contributed by atoms with Gasteiger partial charge in [-0.3, -0.25) is 14.5 Å². The molecule has 4 nitrogen and oxygen atoms in total. The number of carbonyl (C=O) groups is 2. The van der Waals surface area contributed by atoms with E-state index in [2.05, 4.69) is 0 Å². The third-order valence-corrected chi connectivity index (χ3v) is 2.92. The minimum atomic E-state index is -0.121. The smallest absolute Gasteiger partial charge is 0.220 e. The number of allylic oxidation sites excluding steroid dienone is 6. The van der Waals surface area contributed by atoms with Crippen LogP contribution < -0.4 is 0 Å². The summed E-state index contributed by atoms with van der Waals surface area (Å²) in [7, 11) is 0. The van der Waals surface area contributed by atoms with Gasteiger partial charge in [-0.25, -0.2) is 0 Å². The zero-order valence-electron chi connectivity index (χ0n) is 9.04. The number of fused-ring (bicyclic) bond motifs is 2. The van der Waals surface area contributed by atoms with Crippen molar-refractivity contribution in [2.24, 2.45) is 0 Å². The van der Waals surface area contributed by atoms with Crippen LogP contribution in [-0.4, -0.2) is 22.0 Å². The summed E-state index contributed by atoms with van der Waals surface area (Å²) in [6.07, 6.45) is 14.0. The molecule has 1 amide bonds. The van der Waals surface area contributed by atoms with E-state index >= 15 is 0 Å². The quantitative estimate of drug-likeness (QED) is 0.635. The van der Waals surface area contributed by atoms with E-state index in [-0.39, 0.29) is 5.78 Å². The van der Waals surface area contributed by atoms with Gasteiger partial charge >= 0.3 is 0 Å². The van der Waals surface area contributed by atoms with Gasteiger partial charge in [0.05, 0.1) is 5.70 Å². The number of ketones is 1. The van der Waals surface area contributed by atoms with Gasteiger partial charge in [-0.2, -0.15) is 0 Å². The van der Waals surface area contributed by atoms with E-state index < -0.39 is 0 Å². The highest BCUT2D eigenvalue weighted by Gasteiger charge is 2.36. The monoisotopic (exact) mass is 226 g/mol. The summed E-state index contributed by atoms with van der Waals surface area (Å²) in [4.78, 5) is 26.3. The standard InChI is InChI=1S/C13H10N2O2/c16-9-15-12-7-2-1-3-8-14(12)10-5-4-6-11(17)13(10)15/h1-4,6-9H,5H2. The molecule has 2 heterocycles. The van der Waals surface area contributed by atoms with Crippen molar-refractivity contribution in [2.75, 3.05) is 0 Å². The Morgan fingerprint density at radius 1 is 1.24 bits per heavy atom. The van der Waals surface area contributed by atoms with Crippen molar-refractivity contribution in [3.05, 3.63) is 59.9 Å². The highest BCUT2D eigenvalue weighted by molar-refractivity contribution is 6.07. The predicted molar refractivity (Wildman–Crippen MR) is 61.9 cm³/mol.